The van der Waals surface area contributed by atoms with Crippen LogP contribution in [0.2, 0.25) is 0 Å². The van der Waals surface area contributed by atoms with E-state index in [2.05, 4.69) is 14.8 Å². The summed E-state index contributed by atoms with van der Waals surface area (Å²) in [6, 6.07) is 3.83. The minimum atomic E-state index is 0.236. The molecule has 1 aromatic rings. The first-order valence-electron chi connectivity index (χ1n) is 5.59. The van der Waals surface area contributed by atoms with E-state index in [0.717, 1.165) is 38.5 Å². The van der Waals surface area contributed by atoms with Gasteiger partial charge in [-0.2, -0.15) is 0 Å². The van der Waals surface area contributed by atoms with Crippen molar-refractivity contribution in [3.63, 3.8) is 0 Å². The summed E-state index contributed by atoms with van der Waals surface area (Å²) in [5.41, 5.74) is 6.30. The molecule has 0 aromatic carbocycles. The lowest BCUT2D eigenvalue weighted by Crippen LogP contribution is -2.47. The van der Waals surface area contributed by atoms with Crippen LogP contribution in [0.25, 0.3) is 0 Å². The van der Waals surface area contributed by atoms with Crippen LogP contribution in [0.4, 0.5) is 11.5 Å². The number of nitrogens with two attached hydrogens (primary N) is 1. The fourth-order valence-electron chi connectivity index (χ4n) is 1.93. The summed E-state index contributed by atoms with van der Waals surface area (Å²) in [4.78, 5) is 8.81. The summed E-state index contributed by atoms with van der Waals surface area (Å²) < 4.78 is 0. The van der Waals surface area contributed by atoms with Crippen LogP contribution in [-0.4, -0.2) is 54.3 Å². The van der Waals surface area contributed by atoms with Crippen LogP contribution < -0.4 is 10.6 Å². The van der Waals surface area contributed by atoms with E-state index in [1.165, 1.54) is 0 Å². The summed E-state index contributed by atoms with van der Waals surface area (Å²) in [7, 11) is 0. The number of aliphatic hydroxyl groups is 1. The molecule has 1 saturated heterocycles. The molecule has 1 aliphatic rings. The van der Waals surface area contributed by atoms with E-state index in [-0.39, 0.29) is 6.61 Å². The van der Waals surface area contributed by atoms with Crippen LogP contribution in [0.15, 0.2) is 18.3 Å². The maximum absolute atomic E-state index is 8.85. The van der Waals surface area contributed by atoms with Gasteiger partial charge in [-0.3, -0.25) is 4.90 Å². The highest BCUT2D eigenvalue weighted by atomic mass is 16.3. The molecule has 0 amide bonds. The smallest absolute Gasteiger partial charge is 0.128 e. The van der Waals surface area contributed by atoms with Gasteiger partial charge < -0.3 is 15.7 Å². The third-order valence-corrected chi connectivity index (χ3v) is 2.88. The lowest BCUT2D eigenvalue weighted by Gasteiger charge is -2.35. The van der Waals surface area contributed by atoms with Gasteiger partial charge in [0.1, 0.15) is 5.82 Å². The second kappa shape index (κ2) is 5.14. The molecule has 3 N–H and O–H groups in total. The van der Waals surface area contributed by atoms with Gasteiger partial charge in [0.2, 0.25) is 0 Å². The van der Waals surface area contributed by atoms with Crippen molar-refractivity contribution in [2.45, 2.75) is 0 Å². The minimum Gasteiger partial charge on any atom is -0.397 e. The topological polar surface area (TPSA) is 65.6 Å². The molecule has 0 bridgehead atoms. The van der Waals surface area contributed by atoms with Crippen molar-refractivity contribution in [1.82, 2.24) is 9.88 Å². The summed E-state index contributed by atoms with van der Waals surface area (Å²) in [6.45, 7) is 4.87. The summed E-state index contributed by atoms with van der Waals surface area (Å²) in [5.74, 6) is 0.984. The Morgan fingerprint density at radius 3 is 2.56 bits per heavy atom. The number of piperazine rings is 1. The van der Waals surface area contributed by atoms with Crippen molar-refractivity contribution < 1.29 is 5.11 Å². The van der Waals surface area contributed by atoms with E-state index in [1.807, 2.05) is 12.1 Å². The number of anilines is 2. The SMILES string of the molecule is Nc1ccc(N2CCN(CCO)CC2)nc1. The van der Waals surface area contributed by atoms with Crippen LogP contribution in [-0.2, 0) is 0 Å². The zero-order chi connectivity index (χ0) is 11.4. The van der Waals surface area contributed by atoms with E-state index >= 15 is 0 Å². The van der Waals surface area contributed by atoms with Crippen molar-refractivity contribution in [3.8, 4) is 0 Å². The molecule has 2 rings (SSSR count). The Morgan fingerprint density at radius 1 is 1.25 bits per heavy atom. The van der Waals surface area contributed by atoms with Crippen molar-refractivity contribution in [1.29, 1.82) is 0 Å². The van der Waals surface area contributed by atoms with Gasteiger partial charge in [0.15, 0.2) is 0 Å². The van der Waals surface area contributed by atoms with E-state index in [0.29, 0.717) is 5.69 Å². The van der Waals surface area contributed by atoms with E-state index in [9.17, 15) is 0 Å². The molecule has 0 aliphatic carbocycles. The van der Waals surface area contributed by atoms with Gasteiger partial charge in [-0.05, 0) is 12.1 Å². The molecular formula is C11H18N4O. The first-order chi connectivity index (χ1) is 7.79. The Hall–Kier alpha value is -1.33. The van der Waals surface area contributed by atoms with Gasteiger partial charge in [0.25, 0.3) is 0 Å². The van der Waals surface area contributed by atoms with Gasteiger partial charge in [0.05, 0.1) is 18.5 Å². The number of aromatic nitrogens is 1. The Balaban J connectivity index is 1.91. The average Bonchev–Trinajstić information content (AvgIpc) is 2.32. The highest BCUT2D eigenvalue weighted by molar-refractivity contribution is 5.46. The lowest BCUT2D eigenvalue weighted by molar-refractivity contribution is 0.188. The average molecular weight is 222 g/mol. The maximum Gasteiger partial charge on any atom is 0.128 e. The van der Waals surface area contributed by atoms with Gasteiger partial charge in [-0.25, -0.2) is 4.98 Å². The monoisotopic (exact) mass is 222 g/mol. The number of nitrogen functional groups attached to an aromatic ring is 1. The molecule has 1 fully saturated rings. The Labute approximate surface area is 95.5 Å². The molecule has 0 atom stereocenters. The fraction of sp³-hybridized carbons (Fsp3) is 0.545. The van der Waals surface area contributed by atoms with Crippen LogP contribution in [0.3, 0.4) is 0 Å². The van der Waals surface area contributed by atoms with E-state index in [1.54, 1.807) is 6.20 Å². The molecule has 5 nitrogen and oxygen atoms in total. The predicted octanol–water partition coefficient (Wildman–Crippen LogP) is -0.222. The standard InChI is InChI=1S/C11H18N4O/c12-10-1-2-11(13-9-10)15-5-3-14(4-6-15)7-8-16/h1-2,9,16H,3-8,12H2. The predicted molar refractivity (Wildman–Crippen MR) is 64.4 cm³/mol. The molecule has 0 saturated carbocycles. The number of aliphatic hydroxyl groups excluding tert-OH is 1. The number of nitrogens with zero attached hydrogens (tertiary/aromatic N) is 3. The zero-order valence-electron chi connectivity index (χ0n) is 9.34. The first kappa shape index (κ1) is 11.2. The largest absolute Gasteiger partial charge is 0.397 e. The Bertz CT molecular complexity index is 319. The van der Waals surface area contributed by atoms with Crippen molar-refractivity contribution in [3.05, 3.63) is 18.3 Å². The number of β-amino-alcohol motifs (C(OH)–C–C–N with tert-alkyl or cyclic N) is 1. The van der Waals surface area contributed by atoms with Gasteiger partial charge in [-0.1, -0.05) is 0 Å². The second-order valence-electron chi connectivity index (χ2n) is 4.00. The molecule has 2 heterocycles. The third-order valence-electron chi connectivity index (χ3n) is 2.88. The maximum atomic E-state index is 8.85. The second-order valence-corrected chi connectivity index (χ2v) is 4.00. The summed E-state index contributed by atoms with van der Waals surface area (Å²) in [5, 5.41) is 8.85. The van der Waals surface area contributed by atoms with Gasteiger partial charge >= 0.3 is 0 Å². The third kappa shape index (κ3) is 2.62. The highest BCUT2D eigenvalue weighted by Crippen LogP contribution is 2.14. The van der Waals surface area contributed by atoms with Crippen molar-refractivity contribution in [2.24, 2.45) is 0 Å². The van der Waals surface area contributed by atoms with Gasteiger partial charge in [-0.15, -0.1) is 0 Å². The molecular weight excluding hydrogens is 204 g/mol. The molecule has 0 unspecified atom stereocenters. The molecule has 0 spiro atoms. The summed E-state index contributed by atoms with van der Waals surface area (Å²) in [6.07, 6.45) is 1.69. The number of pyridine rings is 1. The van der Waals surface area contributed by atoms with Crippen molar-refractivity contribution >= 4 is 11.5 Å². The Kier molecular flexibility index (Phi) is 3.58. The summed E-state index contributed by atoms with van der Waals surface area (Å²) >= 11 is 0. The molecule has 1 aliphatic heterocycles. The highest BCUT2D eigenvalue weighted by Gasteiger charge is 2.16. The quantitative estimate of drug-likeness (QED) is 0.740. The van der Waals surface area contributed by atoms with Crippen LogP contribution in [0, 0.1) is 0 Å². The lowest BCUT2D eigenvalue weighted by atomic mass is 10.3. The minimum absolute atomic E-state index is 0.236. The van der Waals surface area contributed by atoms with E-state index in [4.69, 9.17) is 10.8 Å². The molecule has 88 valence electrons. The van der Waals surface area contributed by atoms with Crippen LogP contribution in [0.1, 0.15) is 0 Å². The molecule has 5 heteroatoms. The normalized spacial score (nSPS) is 17.7. The number of rotatable bonds is 3. The number of hydrogen-bond acceptors (Lipinski definition) is 5. The van der Waals surface area contributed by atoms with Crippen molar-refractivity contribution in [2.75, 3.05) is 50.0 Å². The van der Waals surface area contributed by atoms with Crippen LogP contribution >= 0.6 is 0 Å². The molecule has 0 radical (unpaired) electrons. The van der Waals surface area contributed by atoms with Crippen LogP contribution in [0.5, 0.6) is 0 Å². The first-order valence-corrected chi connectivity index (χ1v) is 5.59. The van der Waals surface area contributed by atoms with Gasteiger partial charge in [0, 0.05) is 32.7 Å². The number of hydrogen-bond donors (Lipinski definition) is 2. The molecule has 16 heavy (non-hydrogen) atoms. The molecule has 1 aromatic heterocycles. The van der Waals surface area contributed by atoms with E-state index < -0.39 is 0 Å². The zero-order valence-corrected chi connectivity index (χ0v) is 9.34. The Morgan fingerprint density at radius 2 is 2.00 bits per heavy atom. The fourth-order valence-corrected chi connectivity index (χ4v) is 1.93.